The van der Waals surface area contributed by atoms with Crippen molar-refractivity contribution >= 4 is 34.3 Å². The molecule has 1 N–H and O–H groups in total. The summed E-state index contributed by atoms with van der Waals surface area (Å²) in [4.78, 5) is 26.8. The molecule has 1 amide bonds. The van der Waals surface area contributed by atoms with Crippen LogP contribution in [-0.2, 0) is 4.79 Å². The monoisotopic (exact) mass is 351 g/mol. The number of aromatic nitrogens is 1. The summed E-state index contributed by atoms with van der Waals surface area (Å²) in [5, 5.41) is 14.0. The highest BCUT2D eigenvalue weighted by Crippen LogP contribution is 2.24. The van der Waals surface area contributed by atoms with Crippen molar-refractivity contribution in [2.45, 2.75) is 6.92 Å². The smallest absolute Gasteiger partial charge is 0.270 e. The summed E-state index contributed by atoms with van der Waals surface area (Å²) in [6.07, 6.45) is 2.74. The van der Waals surface area contributed by atoms with Gasteiger partial charge in [0.25, 0.3) is 5.69 Å². The molecule has 26 heavy (non-hydrogen) atoms. The number of halogens is 1. The van der Waals surface area contributed by atoms with Crippen LogP contribution in [0.3, 0.4) is 0 Å². The molecule has 0 radical (unpaired) electrons. The summed E-state index contributed by atoms with van der Waals surface area (Å²) < 4.78 is 13.5. The minimum atomic E-state index is -0.502. The van der Waals surface area contributed by atoms with E-state index >= 15 is 0 Å². The first kappa shape index (κ1) is 17.2. The first-order valence-electron chi connectivity index (χ1n) is 7.73. The molecule has 3 rings (SSSR count). The second-order valence-electron chi connectivity index (χ2n) is 5.65. The largest absolute Gasteiger partial charge is 0.322 e. The van der Waals surface area contributed by atoms with Gasteiger partial charge in [0.1, 0.15) is 5.82 Å². The molecular formula is C19H14FN3O3. The lowest BCUT2D eigenvalue weighted by atomic mass is 10.1. The van der Waals surface area contributed by atoms with Crippen LogP contribution in [0.2, 0.25) is 0 Å². The number of amides is 1. The molecule has 2 aromatic carbocycles. The van der Waals surface area contributed by atoms with Crippen molar-refractivity contribution in [3.8, 4) is 0 Å². The van der Waals surface area contributed by atoms with Gasteiger partial charge in [-0.1, -0.05) is 12.1 Å². The van der Waals surface area contributed by atoms with E-state index < -0.39 is 16.6 Å². The highest BCUT2D eigenvalue weighted by atomic mass is 19.1. The molecular weight excluding hydrogens is 337 g/mol. The van der Waals surface area contributed by atoms with Gasteiger partial charge in [0.15, 0.2) is 0 Å². The van der Waals surface area contributed by atoms with Crippen LogP contribution in [0.25, 0.3) is 17.0 Å². The van der Waals surface area contributed by atoms with Crippen LogP contribution in [0.4, 0.5) is 15.8 Å². The van der Waals surface area contributed by atoms with E-state index in [1.54, 1.807) is 25.1 Å². The Bertz CT molecular complexity index is 1050. The normalized spacial score (nSPS) is 11.0. The second-order valence-corrected chi connectivity index (χ2v) is 5.65. The molecule has 0 spiro atoms. The molecule has 0 aliphatic heterocycles. The highest BCUT2D eigenvalue weighted by molar-refractivity contribution is 6.07. The number of fused-ring (bicyclic) bond motifs is 1. The number of nitro groups is 1. The van der Waals surface area contributed by atoms with Gasteiger partial charge in [0.05, 0.1) is 16.1 Å². The number of benzene rings is 2. The van der Waals surface area contributed by atoms with E-state index in [9.17, 15) is 19.3 Å². The van der Waals surface area contributed by atoms with Crippen LogP contribution in [0.1, 0.15) is 11.3 Å². The quantitative estimate of drug-likeness (QED) is 0.433. The van der Waals surface area contributed by atoms with Crippen molar-refractivity contribution in [3.63, 3.8) is 0 Å². The summed E-state index contributed by atoms with van der Waals surface area (Å²) in [6, 6.07) is 11.7. The standard InChI is InChI=1S/C19H14FN3O3/c1-12-9-18(16-11-14(20)6-7-17(16)21-12)22-19(24)8-5-13-3-2-4-15(10-13)23(25)26/h2-11H,1H3,(H,21,22,24)/b8-5+. The topological polar surface area (TPSA) is 85.1 Å². The maximum Gasteiger partial charge on any atom is 0.270 e. The van der Waals surface area contributed by atoms with Crippen molar-refractivity contribution in [1.82, 2.24) is 4.98 Å². The van der Waals surface area contributed by atoms with Crippen LogP contribution in [0.15, 0.2) is 54.6 Å². The van der Waals surface area contributed by atoms with Crippen LogP contribution < -0.4 is 5.32 Å². The van der Waals surface area contributed by atoms with Gasteiger partial charge in [-0.05, 0) is 42.8 Å². The summed E-state index contributed by atoms with van der Waals surface area (Å²) in [6.45, 7) is 1.78. The van der Waals surface area contributed by atoms with E-state index in [1.165, 1.54) is 42.5 Å². The molecule has 6 nitrogen and oxygen atoms in total. The van der Waals surface area contributed by atoms with Crippen molar-refractivity contribution in [1.29, 1.82) is 0 Å². The Kier molecular flexibility index (Phi) is 4.70. The summed E-state index contributed by atoms with van der Waals surface area (Å²) in [5.74, 6) is -0.863. The Morgan fingerprint density at radius 3 is 2.81 bits per heavy atom. The Morgan fingerprint density at radius 1 is 1.23 bits per heavy atom. The molecule has 0 aliphatic carbocycles. The molecule has 0 unspecified atom stereocenters. The van der Waals surface area contributed by atoms with Gasteiger partial charge >= 0.3 is 0 Å². The van der Waals surface area contributed by atoms with Gasteiger partial charge in [0.2, 0.25) is 5.91 Å². The van der Waals surface area contributed by atoms with Crippen LogP contribution >= 0.6 is 0 Å². The number of nitrogens with zero attached hydrogens (tertiary/aromatic N) is 2. The third kappa shape index (κ3) is 3.89. The Balaban J connectivity index is 1.84. The molecule has 0 saturated carbocycles. The summed E-state index contributed by atoms with van der Waals surface area (Å²) in [7, 11) is 0. The van der Waals surface area contributed by atoms with Gasteiger partial charge in [0, 0.05) is 29.3 Å². The van der Waals surface area contributed by atoms with Crippen LogP contribution in [0.5, 0.6) is 0 Å². The van der Waals surface area contributed by atoms with E-state index in [0.29, 0.717) is 27.8 Å². The molecule has 7 heteroatoms. The van der Waals surface area contributed by atoms with E-state index in [1.807, 2.05) is 0 Å². The number of aryl methyl sites for hydroxylation is 1. The summed E-state index contributed by atoms with van der Waals surface area (Å²) in [5.41, 5.74) is 2.17. The third-order valence-corrected chi connectivity index (χ3v) is 3.66. The van der Waals surface area contributed by atoms with Gasteiger partial charge in [-0.3, -0.25) is 19.9 Å². The Labute approximate surface area is 148 Å². The number of nitro benzene ring substituents is 1. The van der Waals surface area contributed by atoms with E-state index in [0.717, 1.165) is 0 Å². The first-order chi connectivity index (χ1) is 12.4. The van der Waals surface area contributed by atoms with Gasteiger partial charge < -0.3 is 5.32 Å². The maximum absolute atomic E-state index is 13.5. The molecule has 1 aromatic heterocycles. The van der Waals surface area contributed by atoms with Crippen molar-refractivity contribution in [2.24, 2.45) is 0 Å². The number of carbonyl (C=O) groups is 1. The number of anilines is 1. The predicted molar refractivity (Wildman–Crippen MR) is 97.2 cm³/mol. The third-order valence-electron chi connectivity index (χ3n) is 3.66. The molecule has 130 valence electrons. The average molecular weight is 351 g/mol. The molecule has 3 aromatic rings. The fourth-order valence-corrected chi connectivity index (χ4v) is 2.52. The summed E-state index contributed by atoms with van der Waals surface area (Å²) >= 11 is 0. The Hall–Kier alpha value is -3.61. The maximum atomic E-state index is 13.5. The predicted octanol–water partition coefficient (Wildman–Crippen LogP) is 4.24. The van der Waals surface area contributed by atoms with Crippen LogP contribution in [0, 0.1) is 22.9 Å². The van der Waals surface area contributed by atoms with Crippen molar-refractivity contribution in [2.75, 3.05) is 5.32 Å². The molecule has 0 aliphatic rings. The molecule has 0 saturated heterocycles. The average Bonchev–Trinajstić information content (AvgIpc) is 2.61. The fraction of sp³-hybridized carbons (Fsp3) is 0.0526. The van der Waals surface area contributed by atoms with Gasteiger partial charge in [-0.25, -0.2) is 4.39 Å². The zero-order chi connectivity index (χ0) is 18.7. The zero-order valence-corrected chi connectivity index (χ0v) is 13.8. The molecule has 0 fully saturated rings. The zero-order valence-electron chi connectivity index (χ0n) is 13.8. The lowest BCUT2D eigenvalue weighted by molar-refractivity contribution is -0.384. The molecule has 1 heterocycles. The van der Waals surface area contributed by atoms with Crippen LogP contribution in [-0.4, -0.2) is 15.8 Å². The number of carbonyl (C=O) groups excluding carboxylic acids is 1. The van der Waals surface area contributed by atoms with Crippen molar-refractivity contribution < 1.29 is 14.1 Å². The van der Waals surface area contributed by atoms with E-state index in [-0.39, 0.29) is 5.69 Å². The molecule has 0 bridgehead atoms. The minimum Gasteiger partial charge on any atom is -0.322 e. The number of pyridine rings is 1. The first-order valence-corrected chi connectivity index (χ1v) is 7.73. The number of non-ortho nitro benzene ring substituents is 1. The lowest BCUT2D eigenvalue weighted by Gasteiger charge is -2.08. The fourth-order valence-electron chi connectivity index (χ4n) is 2.52. The van der Waals surface area contributed by atoms with Crippen molar-refractivity contribution in [3.05, 3.63) is 81.8 Å². The number of nitrogens with one attached hydrogen (secondary N) is 1. The highest BCUT2D eigenvalue weighted by Gasteiger charge is 2.08. The minimum absolute atomic E-state index is 0.0567. The Morgan fingerprint density at radius 2 is 2.04 bits per heavy atom. The van der Waals surface area contributed by atoms with Gasteiger partial charge in [-0.2, -0.15) is 0 Å². The molecule has 0 atom stereocenters. The van der Waals surface area contributed by atoms with E-state index in [2.05, 4.69) is 10.3 Å². The lowest BCUT2D eigenvalue weighted by Crippen LogP contribution is -2.09. The number of hydrogen-bond donors (Lipinski definition) is 1. The van der Waals surface area contributed by atoms with E-state index in [4.69, 9.17) is 0 Å². The second kappa shape index (κ2) is 7.10. The number of rotatable bonds is 4. The SMILES string of the molecule is Cc1cc(NC(=O)/C=C/c2cccc([N+](=O)[O-])c2)c2cc(F)ccc2n1. The number of hydrogen-bond acceptors (Lipinski definition) is 4. The van der Waals surface area contributed by atoms with Gasteiger partial charge in [-0.15, -0.1) is 0 Å².